The Labute approximate surface area is 207 Å². The fourth-order valence-corrected chi connectivity index (χ4v) is 6.69. The number of ether oxygens (including phenoxy) is 1. The van der Waals surface area contributed by atoms with Crippen molar-refractivity contribution in [3.63, 3.8) is 0 Å². The molecule has 2 fully saturated rings. The lowest BCUT2D eigenvalue weighted by atomic mass is 9.89. The molecule has 1 aromatic heterocycles. The Balaban J connectivity index is 1.38. The normalized spacial score (nSPS) is 19.8. The number of alkyl halides is 3. The van der Waals surface area contributed by atoms with Gasteiger partial charge in [-0.2, -0.15) is 17.5 Å². The van der Waals surface area contributed by atoms with E-state index in [1.807, 2.05) is 11.8 Å². The third-order valence-corrected chi connectivity index (χ3v) is 8.94. The first-order valence-electron chi connectivity index (χ1n) is 11.8. The van der Waals surface area contributed by atoms with Gasteiger partial charge in [0.1, 0.15) is 30.3 Å². The monoisotopic (exact) mass is 524 g/mol. The molecule has 2 saturated heterocycles. The molecule has 4 heterocycles. The predicted octanol–water partition coefficient (Wildman–Crippen LogP) is 3.26. The van der Waals surface area contributed by atoms with Crippen LogP contribution in [-0.2, 0) is 21.1 Å². The molecule has 3 aliphatic rings. The van der Waals surface area contributed by atoms with E-state index in [2.05, 4.69) is 37.1 Å². The summed E-state index contributed by atoms with van der Waals surface area (Å²) in [6.45, 7) is 4.47. The highest BCUT2D eigenvalue weighted by atomic mass is 32.2. The van der Waals surface area contributed by atoms with Crippen LogP contribution in [0, 0.1) is 6.92 Å². The summed E-state index contributed by atoms with van der Waals surface area (Å²) in [6.07, 6.45) is -1.57. The number of nitrogens with one attached hydrogen (secondary N) is 2. The molecule has 0 atom stereocenters. The highest BCUT2D eigenvalue weighted by Crippen LogP contribution is 2.41. The van der Waals surface area contributed by atoms with E-state index in [1.165, 1.54) is 11.9 Å². The van der Waals surface area contributed by atoms with Crippen LogP contribution in [0.4, 0.5) is 30.5 Å². The minimum atomic E-state index is -5.13. The summed E-state index contributed by atoms with van der Waals surface area (Å²) in [7, 11) is -3.29. The Morgan fingerprint density at radius 1 is 1.19 bits per heavy atom. The minimum absolute atomic E-state index is 0.142. The molecule has 9 nitrogen and oxygen atoms in total. The standard InChI is InChI=1S/C23H27F3N6O3S/c1-14-10-16(15-2-4-27-5-3-15)11-18-19(14)35-12-17-20(30-18)28-13-29-21(17)32-6-8-36(34,9-7-32)31-22(33)23(24,25)26/h10-11,13,15,27H,2-9,12H2,1H3,(H,28,29,30). The summed E-state index contributed by atoms with van der Waals surface area (Å²) in [5, 5.41) is 6.79. The van der Waals surface area contributed by atoms with Crippen molar-refractivity contribution in [3.05, 3.63) is 35.2 Å². The molecule has 2 N–H and O–H groups in total. The van der Waals surface area contributed by atoms with Gasteiger partial charge in [0.2, 0.25) is 0 Å². The molecular weight excluding hydrogens is 497 g/mol. The predicted molar refractivity (Wildman–Crippen MR) is 129 cm³/mol. The molecule has 0 bridgehead atoms. The fraction of sp³-hybridized carbons (Fsp3) is 0.522. The van der Waals surface area contributed by atoms with Gasteiger partial charge in [0.05, 0.1) is 21.0 Å². The van der Waals surface area contributed by atoms with Crippen molar-refractivity contribution in [3.8, 4) is 5.75 Å². The molecule has 0 unspecified atom stereocenters. The van der Waals surface area contributed by atoms with Crippen LogP contribution in [0.2, 0.25) is 0 Å². The molecule has 5 rings (SSSR count). The quantitative estimate of drug-likeness (QED) is 0.616. The van der Waals surface area contributed by atoms with E-state index < -0.39 is 21.8 Å². The molecule has 0 aliphatic carbocycles. The van der Waals surface area contributed by atoms with Gasteiger partial charge < -0.3 is 20.3 Å². The van der Waals surface area contributed by atoms with Crippen molar-refractivity contribution in [1.29, 1.82) is 0 Å². The average molecular weight is 525 g/mol. The van der Waals surface area contributed by atoms with Crippen LogP contribution in [0.1, 0.15) is 35.4 Å². The largest absolute Gasteiger partial charge is 0.486 e. The van der Waals surface area contributed by atoms with E-state index in [0.717, 1.165) is 42.9 Å². The number of nitrogens with zero attached hydrogens (tertiary/aromatic N) is 4. The molecule has 0 saturated carbocycles. The summed E-state index contributed by atoms with van der Waals surface area (Å²) in [5.74, 6) is -0.279. The molecular formula is C23H27F3N6O3S. The lowest BCUT2D eigenvalue weighted by Gasteiger charge is -2.31. The van der Waals surface area contributed by atoms with E-state index >= 15 is 0 Å². The van der Waals surface area contributed by atoms with Gasteiger partial charge in [-0.15, -0.1) is 0 Å². The van der Waals surface area contributed by atoms with Crippen LogP contribution in [0.15, 0.2) is 22.8 Å². The number of amides is 1. The molecule has 1 aromatic carbocycles. The Bertz CT molecular complexity index is 1290. The fourth-order valence-electron chi connectivity index (χ4n) is 4.89. The highest BCUT2D eigenvalue weighted by molar-refractivity contribution is 7.94. The molecule has 1 amide bonds. The topological polar surface area (TPSA) is 109 Å². The summed E-state index contributed by atoms with van der Waals surface area (Å²) < 4.78 is 59.7. The Kier molecular flexibility index (Phi) is 6.54. The highest BCUT2D eigenvalue weighted by Gasteiger charge is 2.40. The number of aryl methyl sites for hydroxylation is 1. The lowest BCUT2D eigenvalue weighted by Crippen LogP contribution is -2.42. The van der Waals surface area contributed by atoms with E-state index in [4.69, 9.17) is 4.74 Å². The number of carbonyl (C=O) groups excluding carboxylic acids is 1. The molecule has 2 aromatic rings. The van der Waals surface area contributed by atoms with Gasteiger partial charge in [-0.05, 0) is 56.0 Å². The van der Waals surface area contributed by atoms with Crippen LogP contribution < -0.4 is 20.3 Å². The Morgan fingerprint density at radius 2 is 1.92 bits per heavy atom. The molecule has 13 heteroatoms. The number of aromatic nitrogens is 2. The Hall–Kier alpha value is -2.93. The van der Waals surface area contributed by atoms with Crippen LogP contribution in [0.3, 0.4) is 0 Å². The maximum atomic E-state index is 12.7. The number of benzene rings is 1. The van der Waals surface area contributed by atoms with E-state index in [9.17, 15) is 22.2 Å². The van der Waals surface area contributed by atoms with Crippen molar-refractivity contribution < 1.29 is 26.9 Å². The first-order chi connectivity index (χ1) is 17.1. The number of hydrogen-bond donors (Lipinski definition) is 2. The second kappa shape index (κ2) is 9.51. The third-order valence-electron chi connectivity index (χ3n) is 6.80. The zero-order valence-corrected chi connectivity index (χ0v) is 20.5. The Morgan fingerprint density at radius 3 is 2.61 bits per heavy atom. The third kappa shape index (κ3) is 4.99. The zero-order valence-electron chi connectivity index (χ0n) is 19.7. The maximum Gasteiger partial charge on any atom is 0.474 e. The second-order valence-electron chi connectivity index (χ2n) is 9.24. The van der Waals surface area contributed by atoms with Crippen molar-refractivity contribution in [2.75, 3.05) is 47.9 Å². The maximum absolute atomic E-state index is 12.7. The van der Waals surface area contributed by atoms with Gasteiger partial charge in [-0.3, -0.25) is 4.79 Å². The number of rotatable bonds is 2. The first kappa shape index (κ1) is 24.8. The van der Waals surface area contributed by atoms with Crippen molar-refractivity contribution in [1.82, 2.24) is 15.3 Å². The SMILES string of the molecule is Cc1cc(C2CCNCC2)cc2c1OCc1c(ncnc1N1CCS(=O)(=NC(=O)C(F)(F)F)CC1)N2. The van der Waals surface area contributed by atoms with Crippen molar-refractivity contribution >= 4 is 33.0 Å². The number of anilines is 3. The van der Waals surface area contributed by atoms with Crippen LogP contribution in [-0.4, -0.2) is 63.9 Å². The van der Waals surface area contributed by atoms with E-state index in [1.54, 1.807) is 0 Å². The van der Waals surface area contributed by atoms with Gasteiger partial charge >= 0.3 is 12.1 Å². The molecule has 36 heavy (non-hydrogen) atoms. The van der Waals surface area contributed by atoms with Gasteiger partial charge in [0.25, 0.3) is 0 Å². The average Bonchev–Trinajstić information content (AvgIpc) is 3.04. The molecule has 0 spiro atoms. The molecule has 0 radical (unpaired) electrons. The van der Waals surface area contributed by atoms with Gasteiger partial charge in [0, 0.05) is 24.6 Å². The van der Waals surface area contributed by atoms with Gasteiger partial charge in [-0.25, -0.2) is 14.2 Å². The molecule has 194 valence electrons. The molecule has 3 aliphatic heterocycles. The van der Waals surface area contributed by atoms with Crippen LogP contribution in [0.25, 0.3) is 0 Å². The number of carbonyl (C=O) groups is 1. The number of fused-ring (bicyclic) bond motifs is 2. The second-order valence-corrected chi connectivity index (χ2v) is 11.8. The van der Waals surface area contributed by atoms with E-state index in [0.29, 0.717) is 23.1 Å². The van der Waals surface area contributed by atoms with E-state index in [-0.39, 0.29) is 31.2 Å². The summed E-state index contributed by atoms with van der Waals surface area (Å²) in [5.41, 5.74) is 3.81. The van der Waals surface area contributed by atoms with Gasteiger partial charge in [0.15, 0.2) is 0 Å². The van der Waals surface area contributed by atoms with Gasteiger partial charge in [-0.1, -0.05) is 6.07 Å². The smallest absolute Gasteiger partial charge is 0.474 e. The van der Waals surface area contributed by atoms with Crippen molar-refractivity contribution in [2.24, 2.45) is 4.36 Å². The summed E-state index contributed by atoms with van der Waals surface area (Å²) in [4.78, 5) is 21.9. The number of piperidine rings is 1. The van der Waals surface area contributed by atoms with Crippen LogP contribution >= 0.6 is 0 Å². The van der Waals surface area contributed by atoms with Crippen LogP contribution in [0.5, 0.6) is 5.75 Å². The summed E-state index contributed by atoms with van der Waals surface area (Å²) >= 11 is 0. The number of hydrogen-bond acceptors (Lipinski definition) is 8. The zero-order chi connectivity index (χ0) is 25.5. The first-order valence-corrected chi connectivity index (χ1v) is 13.7. The van der Waals surface area contributed by atoms with Crippen molar-refractivity contribution in [2.45, 2.75) is 38.5 Å². The summed E-state index contributed by atoms with van der Waals surface area (Å²) in [6, 6.07) is 4.29. The number of halogens is 3. The lowest BCUT2D eigenvalue weighted by molar-refractivity contribution is -0.169. The minimum Gasteiger partial charge on any atom is -0.486 e.